The molecule has 0 saturated carbocycles. The van der Waals surface area contributed by atoms with E-state index in [2.05, 4.69) is 5.32 Å². The van der Waals surface area contributed by atoms with Gasteiger partial charge in [-0.25, -0.2) is 0 Å². The Morgan fingerprint density at radius 1 is 1.31 bits per heavy atom. The van der Waals surface area contributed by atoms with E-state index in [0.29, 0.717) is 10.0 Å². The molecule has 1 aromatic carbocycles. The second kappa shape index (κ2) is 5.71. The molecule has 13 heavy (non-hydrogen) atoms. The highest BCUT2D eigenvalue weighted by Crippen LogP contribution is 2.27. The summed E-state index contributed by atoms with van der Waals surface area (Å²) in [6, 6.07) is 3.81. The third-order valence-corrected chi connectivity index (χ3v) is 2.72. The first-order chi connectivity index (χ1) is 5.66. The lowest BCUT2D eigenvalue weighted by Gasteiger charge is -2.07. The molecule has 0 bridgehead atoms. The molecule has 0 heterocycles. The van der Waals surface area contributed by atoms with E-state index in [0.717, 1.165) is 12.1 Å². The summed E-state index contributed by atoms with van der Waals surface area (Å²) < 4.78 is 0. The number of hydrogen-bond donors (Lipinski definition) is 1. The molecule has 1 nitrogen and oxygen atoms in total. The third kappa shape index (κ3) is 3.03. The smallest absolute Gasteiger partial charge is 0.0624 e. The van der Waals surface area contributed by atoms with Crippen LogP contribution in [0.3, 0.4) is 0 Å². The van der Waals surface area contributed by atoms with E-state index in [9.17, 15) is 0 Å². The predicted molar refractivity (Wildman–Crippen MR) is 61.2 cm³/mol. The van der Waals surface area contributed by atoms with Crippen LogP contribution in [0, 0.1) is 6.92 Å². The van der Waals surface area contributed by atoms with Crippen molar-refractivity contribution in [3.8, 4) is 0 Å². The van der Waals surface area contributed by atoms with E-state index in [1.54, 1.807) is 0 Å². The average molecular weight is 241 g/mol. The zero-order chi connectivity index (χ0) is 9.14. The Balaban J connectivity index is 0.00000144. The molecule has 0 saturated heterocycles. The van der Waals surface area contributed by atoms with Crippen molar-refractivity contribution in [2.24, 2.45) is 0 Å². The molecule has 0 fully saturated rings. The van der Waals surface area contributed by atoms with Crippen molar-refractivity contribution < 1.29 is 0 Å². The van der Waals surface area contributed by atoms with Crippen LogP contribution in [0.15, 0.2) is 12.1 Å². The van der Waals surface area contributed by atoms with Gasteiger partial charge in [0.1, 0.15) is 0 Å². The minimum Gasteiger partial charge on any atom is -0.316 e. The fourth-order valence-electron chi connectivity index (χ4n) is 1.07. The Kier molecular flexibility index (Phi) is 5.73. The first-order valence-electron chi connectivity index (χ1n) is 3.75. The molecule has 74 valence electrons. The van der Waals surface area contributed by atoms with Gasteiger partial charge in [0.25, 0.3) is 0 Å². The topological polar surface area (TPSA) is 12.0 Å². The van der Waals surface area contributed by atoms with Crippen molar-refractivity contribution in [2.75, 3.05) is 7.05 Å². The molecule has 0 atom stereocenters. The Bertz CT molecular complexity index is 286. The molecule has 0 spiro atoms. The van der Waals surface area contributed by atoms with Crippen LogP contribution in [0.1, 0.15) is 11.1 Å². The summed E-state index contributed by atoms with van der Waals surface area (Å²) >= 11 is 11.8. The highest BCUT2D eigenvalue weighted by Gasteiger charge is 2.04. The van der Waals surface area contributed by atoms with Crippen LogP contribution < -0.4 is 5.32 Å². The molecule has 0 radical (unpaired) electrons. The van der Waals surface area contributed by atoms with Gasteiger partial charge in [-0.05, 0) is 31.2 Å². The minimum atomic E-state index is 0. The van der Waals surface area contributed by atoms with Crippen LogP contribution in [0.2, 0.25) is 10.0 Å². The predicted octanol–water partition coefficient (Wildman–Crippen LogP) is 3.44. The van der Waals surface area contributed by atoms with E-state index >= 15 is 0 Å². The van der Waals surface area contributed by atoms with E-state index in [4.69, 9.17) is 23.2 Å². The Labute approximate surface area is 94.8 Å². The van der Waals surface area contributed by atoms with E-state index in [1.807, 2.05) is 26.1 Å². The maximum absolute atomic E-state index is 5.96. The third-order valence-electron chi connectivity index (χ3n) is 1.82. The molecule has 0 aromatic heterocycles. The minimum absolute atomic E-state index is 0. The zero-order valence-corrected chi connectivity index (χ0v) is 9.85. The van der Waals surface area contributed by atoms with Crippen LogP contribution in [0.5, 0.6) is 0 Å². The molecule has 1 N–H and O–H groups in total. The Morgan fingerprint density at radius 3 is 2.46 bits per heavy atom. The normalized spacial score (nSPS) is 9.54. The molecular weight excluding hydrogens is 228 g/mol. The summed E-state index contributed by atoms with van der Waals surface area (Å²) in [5.41, 5.74) is 2.24. The molecular formula is C9H12Cl3N. The summed E-state index contributed by atoms with van der Waals surface area (Å²) in [6.07, 6.45) is 0. The number of benzene rings is 1. The summed E-state index contributed by atoms with van der Waals surface area (Å²) in [6.45, 7) is 2.80. The zero-order valence-electron chi connectivity index (χ0n) is 7.53. The van der Waals surface area contributed by atoms with Crippen LogP contribution >= 0.6 is 35.6 Å². The maximum atomic E-state index is 5.96. The van der Waals surface area contributed by atoms with Crippen LogP contribution in [0.25, 0.3) is 0 Å². The lowest BCUT2D eigenvalue weighted by molar-refractivity contribution is 0.812. The molecule has 0 aliphatic heterocycles. The highest BCUT2D eigenvalue weighted by molar-refractivity contribution is 6.42. The summed E-state index contributed by atoms with van der Waals surface area (Å²) in [4.78, 5) is 0. The number of halogens is 3. The van der Waals surface area contributed by atoms with Crippen molar-refractivity contribution in [2.45, 2.75) is 13.5 Å². The average Bonchev–Trinajstić information content (AvgIpc) is 2.07. The number of nitrogens with one attached hydrogen (secondary N) is 1. The lowest BCUT2D eigenvalue weighted by atomic mass is 10.1. The molecule has 1 aromatic rings. The largest absolute Gasteiger partial charge is 0.316 e. The first kappa shape index (κ1) is 13.1. The van der Waals surface area contributed by atoms with Gasteiger partial charge in [-0.15, -0.1) is 12.4 Å². The number of hydrogen-bond acceptors (Lipinski definition) is 1. The van der Waals surface area contributed by atoms with Gasteiger partial charge in [0, 0.05) is 6.54 Å². The van der Waals surface area contributed by atoms with Gasteiger partial charge in [0.05, 0.1) is 10.0 Å². The monoisotopic (exact) mass is 239 g/mol. The highest BCUT2D eigenvalue weighted by atomic mass is 35.5. The van der Waals surface area contributed by atoms with Gasteiger partial charge in [-0.2, -0.15) is 0 Å². The first-order valence-corrected chi connectivity index (χ1v) is 4.50. The lowest BCUT2D eigenvalue weighted by Crippen LogP contribution is -2.06. The van der Waals surface area contributed by atoms with E-state index in [1.165, 1.54) is 5.56 Å². The van der Waals surface area contributed by atoms with Crippen LogP contribution in [0.4, 0.5) is 0 Å². The second-order valence-corrected chi connectivity index (χ2v) is 3.46. The van der Waals surface area contributed by atoms with Gasteiger partial charge in [-0.1, -0.05) is 29.3 Å². The fourth-order valence-corrected chi connectivity index (χ4v) is 1.46. The summed E-state index contributed by atoms with van der Waals surface area (Å²) in [7, 11) is 1.90. The van der Waals surface area contributed by atoms with Crippen LogP contribution in [-0.2, 0) is 6.54 Å². The molecule has 0 amide bonds. The fraction of sp³-hybridized carbons (Fsp3) is 0.333. The van der Waals surface area contributed by atoms with Crippen molar-refractivity contribution in [1.82, 2.24) is 5.32 Å². The Hall–Kier alpha value is 0.0500. The standard InChI is InChI=1S/C9H11Cl2N.ClH/c1-6-7(5-12-2)3-4-8(10)9(6)11;/h3-4,12H,5H2,1-2H3;1H. The maximum Gasteiger partial charge on any atom is 0.0624 e. The van der Waals surface area contributed by atoms with Crippen molar-refractivity contribution >= 4 is 35.6 Å². The molecule has 0 unspecified atom stereocenters. The van der Waals surface area contributed by atoms with E-state index in [-0.39, 0.29) is 12.4 Å². The summed E-state index contributed by atoms with van der Waals surface area (Å²) in [5, 5.41) is 4.35. The SMILES string of the molecule is CNCc1ccc(Cl)c(Cl)c1C.Cl. The number of rotatable bonds is 2. The van der Waals surface area contributed by atoms with Gasteiger partial charge >= 0.3 is 0 Å². The van der Waals surface area contributed by atoms with Gasteiger partial charge in [-0.3, -0.25) is 0 Å². The van der Waals surface area contributed by atoms with Crippen LogP contribution in [-0.4, -0.2) is 7.05 Å². The molecule has 0 aliphatic carbocycles. The van der Waals surface area contributed by atoms with Crippen molar-refractivity contribution in [1.29, 1.82) is 0 Å². The van der Waals surface area contributed by atoms with Gasteiger partial charge < -0.3 is 5.32 Å². The van der Waals surface area contributed by atoms with Crippen molar-refractivity contribution in [3.05, 3.63) is 33.3 Å². The van der Waals surface area contributed by atoms with Gasteiger partial charge in [0.15, 0.2) is 0 Å². The van der Waals surface area contributed by atoms with Crippen molar-refractivity contribution in [3.63, 3.8) is 0 Å². The summed E-state index contributed by atoms with van der Waals surface area (Å²) in [5.74, 6) is 0. The quantitative estimate of drug-likeness (QED) is 0.835. The Morgan fingerprint density at radius 2 is 1.92 bits per heavy atom. The molecule has 0 aliphatic rings. The second-order valence-electron chi connectivity index (χ2n) is 2.68. The van der Waals surface area contributed by atoms with Gasteiger partial charge in [0.2, 0.25) is 0 Å². The van der Waals surface area contributed by atoms with E-state index < -0.39 is 0 Å². The molecule has 1 rings (SSSR count). The molecule has 4 heteroatoms.